The van der Waals surface area contributed by atoms with Crippen LogP contribution in [0.1, 0.15) is 27.8 Å². The molecule has 0 aliphatic heterocycles. The fourth-order valence-electron chi connectivity index (χ4n) is 2.44. The van der Waals surface area contributed by atoms with E-state index in [4.69, 9.17) is 22.1 Å². The van der Waals surface area contributed by atoms with Crippen LogP contribution in [0.15, 0.2) is 30.3 Å². The summed E-state index contributed by atoms with van der Waals surface area (Å²) in [5, 5.41) is 0.681. The Morgan fingerprint density at radius 2 is 1.70 bits per heavy atom. The third-order valence-corrected chi connectivity index (χ3v) is 3.69. The monoisotopic (exact) mass is 289 g/mol. The lowest BCUT2D eigenvalue weighted by Crippen LogP contribution is -2.05. The van der Waals surface area contributed by atoms with Gasteiger partial charge in [-0.2, -0.15) is 0 Å². The molecule has 0 unspecified atom stereocenters. The minimum atomic E-state index is 0.418. The summed E-state index contributed by atoms with van der Waals surface area (Å²) in [7, 11) is 0. The Bertz CT molecular complexity index is 599. The van der Waals surface area contributed by atoms with E-state index >= 15 is 0 Å². The lowest BCUT2D eigenvalue weighted by Gasteiger charge is -2.15. The Morgan fingerprint density at radius 3 is 2.30 bits per heavy atom. The summed E-state index contributed by atoms with van der Waals surface area (Å²) in [5.74, 6) is 0.802. The van der Waals surface area contributed by atoms with Crippen molar-refractivity contribution >= 4 is 11.6 Å². The predicted octanol–water partition coefficient (Wildman–Crippen LogP) is 4.30. The van der Waals surface area contributed by atoms with Crippen molar-refractivity contribution < 1.29 is 4.74 Å². The summed E-state index contributed by atoms with van der Waals surface area (Å²) in [5.41, 5.74) is 11.7. The minimum absolute atomic E-state index is 0.418. The molecule has 20 heavy (non-hydrogen) atoms. The second-order valence-corrected chi connectivity index (χ2v) is 5.56. The molecular weight excluding hydrogens is 270 g/mol. The first-order valence-corrected chi connectivity index (χ1v) is 7.07. The molecule has 0 saturated heterocycles. The van der Waals surface area contributed by atoms with Crippen molar-refractivity contribution in [2.75, 3.05) is 0 Å². The molecule has 2 aromatic carbocycles. The smallest absolute Gasteiger partial charge is 0.124 e. The third-order valence-electron chi connectivity index (χ3n) is 3.45. The van der Waals surface area contributed by atoms with Gasteiger partial charge >= 0.3 is 0 Å². The number of hydrogen-bond donors (Lipinski definition) is 1. The van der Waals surface area contributed by atoms with Crippen LogP contribution in [-0.4, -0.2) is 0 Å². The number of aryl methyl sites for hydroxylation is 3. The summed E-state index contributed by atoms with van der Waals surface area (Å²) in [4.78, 5) is 0. The predicted molar refractivity (Wildman–Crippen MR) is 84.3 cm³/mol. The second kappa shape index (κ2) is 6.29. The molecule has 2 aromatic rings. The van der Waals surface area contributed by atoms with Gasteiger partial charge in [0, 0.05) is 17.1 Å². The van der Waals surface area contributed by atoms with Gasteiger partial charge in [-0.15, -0.1) is 0 Å². The molecule has 0 bridgehead atoms. The van der Waals surface area contributed by atoms with E-state index in [9.17, 15) is 0 Å². The summed E-state index contributed by atoms with van der Waals surface area (Å²) >= 11 is 5.97. The van der Waals surface area contributed by atoms with Crippen LogP contribution in [0, 0.1) is 20.8 Å². The summed E-state index contributed by atoms with van der Waals surface area (Å²) in [6.45, 7) is 7.31. The molecule has 2 N–H and O–H groups in total. The normalized spacial score (nSPS) is 10.7. The molecule has 0 aromatic heterocycles. The number of ether oxygens (including phenoxy) is 1. The van der Waals surface area contributed by atoms with Gasteiger partial charge in [-0.25, -0.2) is 0 Å². The van der Waals surface area contributed by atoms with Crippen molar-refractivity contribution in [2.24, 2.45) is 5.73 Å². The van der Waals surface area contributed by atoms with Crippen molar-refractivity contribution in [3.05, 3.63) is 63.2 Å². The van der Waals surface area contributed by atoms with Gasteiger partial charge in [0.1, 0.15) is 12.4 Å². The molecule has 0 atom stereocenters. The van der Waals surface area contributed by atoms with Crippen LogP contribution < -0.4 is 10.5 Å². The van der Waals surface area contributed by atoms with Crippen LogP contribution in [-0.2, 0) is 13.2 Å². The molecule has 0 saturated carbocycles. The molecule has 2 nitrogen and oxygen atoms in total. The van der Waals surface area contributed by atoms with Crippen LogP contribution >= 0.6 is 11.6 Å². The van der Waals surface area contributed by atoms with E-state index in [0.29, 0.717) is 18.2 Å². The van der Waals surface area contributed by atoms with Gasteiger partial charge in [0.05, 0.1) is 0 Å². The lowest BCUT2D eigenvalue weighted by molar-refractivity contribution is 0.301. The molecule has 0 radical (unpaired) electrons. The molecule has 0 spiro atoms. The zero-order valence-corrected chi connectivity index (χ0v) is 12.9. The quantitative estimate of drug-likeness (QED) is 0.910. The average Bonchev–Trinajstić information content (AvgIpc) is 2.38. The molecular formula is C17H20ClNO. The van der Waals surface area contributed by atoms with Crippen LogP contribution in [0.5, 0.6) is 5.75 Å². The molecule has 0 aliphatic carbocycles. The number of halogens is 1. The van der Waals surface area contributed by atoms with Gasteiger partial charge in [0.2, 0.25) is 0 Å². The third kappa shape index (κ3) is 3.33. The molecule has 0 heterocycles. The number of nitrogens with two attached hydrogens (primary N) is 1. The van der Waals surface area contributed by atoms with Crippen LogP contribution in [0.4, 0.5) is 0 Å². The topological polar surface area (TPSA) is 35.2 Å². The van der Waals surface area contributed by atoms with Gasteiger partial charge in [-0.3, -0.25) is 0 Å². The summed E-state index contributed by atoms with van der Waals surface area (Å²) < 4.78 is 5.93. The Balaban J connectivity index is 2.21. The largest absolute Gasteiger partial charge is 0.489 e. The van der Waals surface area contributed by atoms with Gasteiger partial charge in [-0.05, 0) is 55.7 Å². The van der Waals surface area contributed by atoms with Gasteiger partial charge in [0.25, 0.3) is 0 Å². The van der Waals surface area contributed by atoms with Crippen molar-refractivity contribution in [3.63, 3.8) is 0 Å². The molecule has 3 heteroatoms. The van der Waals surface area contributed by atoms with Gasteiger partial charge < -0.3 is 10.5 Å². The van der Waals surface area contributed by atoms with Crippen molar-refractivity contribution in [3.8, 4) is 5.75 Å². The Hall–Kier alpha value is -1.51. The Kier molecular flexibility index (Phi) is 4.69. The summed E-state index contributed by atoms with van der Waals surface area (Å²) in [6.07, 6.45) is 0. The molecule has 106 valence electrons. The maximum atomic E-state index is 5.97. The molecule has 0 aliphatic rings. The maximum Gasteiger partial charge on any atom is 0.124 e. The lowest BCUT2D eigenvalue weighted by atomic mass is 10.0. The first-order valence-electron chi connectivity index (χ1n) is 6.69. The zero-order chi connectivity index (χ0) is 14.7. The number of benzene rings is 2. The SMILES string of the molecule is Cc1cc(C)c(COc2ccc(Cl)cc2CN)c(C)c1. The Labute approximate surface area is 125 Å². The molecule has 2 rings (SSSR count). The summed E-state index contributed by atoms with van der Waals surface area (Å²) in [6, 6.07) is 9.91. The standard InChI is InChI=1S/C17H20ClNO/c1-11-6-12(2)16(13(3)7-11)10-20-17-5-4-15(18)8-14(17)9-19/h4-8H,9-10,19H2,1-3H3. The van der Waals surface area contributed by atoms with Gasteiger partial charge in [-0.1, -0.05) is 29.3 Å². The first kappa shape index (κ1) is 14.9. The highest BCUT2D eigenvalue weighted by atomic mass is 35.5. The first-order chi connectivity index (χ1) is 9.51. The number of hydrogen-bond acceptors (Lipinski definition) is 2. The van der Waals surface area contributed by atoms with Crippen molar-refractivity contribution in [2.45, 2.75) is 33.9 Å². The number of rotatable bonds is 4. The maximum absolute atomic E-state index is 5.97. The molecule has 0 amide bonds. The van der Waals surface area contributed by atoms with Crippen LogP contribution in [0.2, 0.25) is 5.02 Å². The average molecular weight is 290 g/mol. The van der Waals surface area contributed by atoms with E-state index in [1.54, 1.807) is 0 Å². The van der Waals surface area contributed by atoms with E-state index < -0.39 is 0 Å². The highest BCUT2D eigenvalue weighted by Gasteiger charge is 2.07. The highest BCUT2D eigenvalue weighted by Crippen LogP contribution is 2.25. The van der Waals surface area contributed by atoms with Crippen LogP contribution in [0.25, 0.3) is 0 Å². The minimum Gasteiger partial charge on any atom is -0.489 e. The van der Waals surface area contributed by atoms with E-state index in [2.05, 4.69) is 32.9 Å². The van der Waals surface area contributed by atoms with E-state index in [1.807, 2.05) is 18.2 Å². The highest BCUT2D eigenvalue weighted by molar-refractivity contribution is 6.30. The molecule has 0 fully saturated rings. The Morgan fingerprint density at radius 1 is 1.05 bits per heavy atom. The van der Waals surface area contributed by atoms with E-state index in [-0.39, 0.29) is 0 Å². The van der Waals surface area contributed by atoms with E-state index in [1.165, 1.54) is 22.3 Å². The second-order valence-electron chi connectivity index (χ2n) is 5.12. The van der Waals surface area contributed by atoms with Crippen molar-refractivity contribution in [1.29, 1.82) is 0 Å². The van der Waals surface area contributed by atoms with E-state index in [0.717, 1.165) is 11.3 Å². The fraction of sp³-hybridized carbons (Fsp3) is 0.294. The zero-order valence-electron chi connectivity index (χ0n) is 12.2. The van der Waals surface area contributed by atoms with Crippen LogP contribution in [0.3, 0.4) is 0 Å². The van der Waals surface area contributed by atoms with Crippen molar-refractivity contribution in [1.82, 2.24) is 0 Å². The van der Waals surface area contributed by atoms with Gasteiger partial charge in [0.15, 0.2) is 0 Å². The fourth-order valence-corrected chi connectivity index (χ4v) is 2.63.